The van der Waals surface area contributed by atoms with E-state index in [1.54, 1.807) is 0 Å². The van der Waals surface area contributed by atoms with E-state index in [4.69, 9.17) is 4.74 Å². The van der Waals surface area contributed by atoms with Crippen molar-refractivity contribution in [2.75, 3.05) is 25.5 Å². The molecule has 1 aromatic rings. The van der Waals surface area contributed by atoms with Gasteiger partial charge in [-0.25, -0.2) is 0 Å². The summed E-state index contributed by atoms with van der Waals surface area (Å²) in [4.78, 5) is 37.0. The van der Waals surface area contributed by atoms with Gasteiger partial charge in [0.05, 0.1) is 13.0 Å². The first kappa shape index (κ1) is 20.7. The number of ether oxygens (including phenoxy) is 1. The van der Waals surface area contributed by atoms with Crippen LogP contribution >= 0.6 is 0 Å². The van der Waals surface area contributed by atoms with Crippen LogP contribution in [-0.2, 0) is 19.1 Å². The molecule has 6 nitrogen and oxygen atoms in total. The summed E-state index contributed by atoms with van der Waals surface area (Å²) in [6.07, 6.45) is 0.233. The van der Waals surface area contributed by atoms with Crippen molar-refractivity contribution in [2.45, 2.75) is 41.0 Å². The van der Waals surface area contributed by atoms with E-state index < -0.39 is 11.9 Å². The summed E-state index contributed by atoms with van der Waals surface area (Å²) in [7, 11) is 1.50. The Balaban J connectivity index is 2.49. The van der Waals surface area contributed by atoms with Crippen molar-refractivity contribution in [3.05, 3.63) is 29.3 Å². The molecule has 1 N–H and O–H groups in total. The molecule has 2 amide bonds. The smallest absolute Gasteiger partial charge is 0.306 e. The van der Waals surface area contributed by atoms with Crippen LogP contribution < -0.4 is 5.32 Å². The largest absolute Gasteiger partial charge is 0.456 e. The van der Waals surface area contributed by atoms with Crippen molar-refractivity contribution in [1.82, 2.24) is 4.90 Å². The van der Waals surface area contributed by atoms with Gasteiger partial charge < -0.3 is 15.0 Å². The molecule has 0 aromatic heterocycles. The molecule has 1 rings (SSSR count). The number of carbonyl (C=O) groups is 3. The Labute approximate surface area is 149 Å². The number of likely N-dealkylation sites (N-methyl/N-ethyl adjacent to an activating group) is 1. The second-order valence-electron chi connectivity index (χ2n) is 7.46. The lowest BCUT2D eigenvalue weighted by atomic mass is 9.92. The highest BCUT2D eigenvalue weighted by Gasteiger charge is 2.20. The predicted molar refractivity (Wildman–Crippen MR) is 97.2 cm³/mol. The quantitative estimate of drug-likeness (QED) is 0.802. The monoisotopic (exact) mass is 348 g/mol. The Kier molecular flexibility index (Phi) is 7.15. The summed E-state index contributed by atoms with van der Waals surface area (Å²) in [6.45, 7) is 9.10. The number of para-hydroxylation sites is 1. The fourth-order valence-electron chi connectivity index (χ4n) is 2.23. The van der Waals surface area contributed by atoms with Crippen molar-refractivity contribution in [2.24, 2.45) is 5.41 Å². The van der Waals surface area contributed by atoms with E-state index in [0.717, 1.165) is 16.8 Å². The number of carbonyl (C=O) groups excluding carboxylic acids is 3. The van der Waals surface area contributed by atoms with Crippen LogP contribution in [0.5, 0.6) is 0 Å². The normalized spacial score (nSPS) is 11.0. The summed E-state index contributed by atoms with van der Waals surface area (Å²) in [5.41, 5.74) is 2.47. The number of nitrogens with zero attached hydrogens (tertiary/aromatic N) is 1. The predicted octanol–water partition coefficient (Wildman–Crippen LogP) is 2.68. The summed E-state index contributed by atoms with van der Waals surface area (Å²) < 4.78 is 4.98. The Morgan fingerprint density at radius 1 is 1.12 bits per heavy atom. The van der Waals surface area contributed by atoms with E-state index in [9.17, 15) is 14.4 Å². The van der Waals surface area contributed by atoms with E-state index in [1.165, 1.54) is 11.9 Å². The zero-order chi connectivity index (χ0) is 19.2. The zero-order valence-electron chi connectivity index (χ0n) is 15.9. The Bertz CT molecular complexity index is 627. The Morgan fingerprint density at radius 2 is 1.68 bits per heavy atom. The number of nitrogens with one attached hydrogen (secondary N) is 1. The molecular weight excluding hydrogens is 320 g/mol. The van der Waals surface area contributed by atoms with Crippen LogP contribution in [0, 0.1) is 19.3 Å². The molecular formula is C19H28N2O4. The van der Waals surface area contributed by atoms with E-state index in [1.807, 2.05) is 52.8 Å². The summed E-state index contributed by atoms with van der Waals surface area (Å²) >= 11 is 0. The lowest BCUT2D eigenvalue weighted by molar-refractivity contribution is -0.153. The van der Waals surface area contributed by atoms with Gasteiger partial charge in [-0.05, 0) is 30.4 Å². The maximum Gasteiger partial charge on any atom is 0.306 e. The van der Waals surface area contributed by atoms with Crippen LogP contribution in [-0.4, -0.2) is 42.9 Å². The highest BCUT2D eigenvalue weighted by Crippen LogP contribution is 2.20. The van der Waals surface area contributed by atoms with Gasteiger partial charge in [-0.1, -0.05) is 39.0 Å². The van der Waals surface area contributed by atoms with Crippen LogP contribution in [0.4, 0.5) is 5.69 Å². The standard InChI is InChI=1S/C19H28N2O4/c1-13-8-7-9-14(2)18(13)20-15(22)11-21(6)16(23)12-25-17(24)10-19(3,4)5/h7-9H,10-12H2,1-6H3,(H,20,22). The van der Waals surface area contributed by atoms with Crippen molar-refractivity contribution < 1.29 is 19.1 Å². The first-order chi connectivity index (χ1) is 11.5. The lowest BCUT2D eigenvalue weighted by Crippen LogP contribution is -2.37. The van der Waals surface area contributed by atoms with Gasteiger partial charge in [0.2, 0.25) is 5.91 Å². The third-order valence-corrected chi connectivity index (χ3v) is 3.58. The lowest BCUT2D eigenvalue weighted by Gasteiger charge is -2.19. The molecule has 0 unspecified atom stereocenters. The van der Waals surface area contributed by atoms with E-state index in [0.29, 0.717) is 0 Å². The molecule has 0 aliphatic carbocycles. The molecule has 0 aliphatic rings. The van der Waals surface area contributed by atoms with Crippen LogP contribution in [0.15, 0.2) is 18.2 Å². The van der Waals surface area contributed by atoms with Crippen LogP contribution in [0.25, 0.3) is 0 Å². The number of benzene rings is 1. The zero-order valence-corrected chi connectivity index (χ0v) is 15.9. The summed E-state index contributed by atoms with van der Waals surface area (Å²) in [6, 6.07) is 5.74. The molecule has 0 aliphatic heterocycles. The summed E-state index contributed by atoms with van der Waals surface area (Å²) in [5, 5.41) is 2.82. The highest BCUT2D eigenvalue weighted by molar-refractivity contribution is 5.96. The molecule has 0 spiro atoms. The van der Waals surface area contributed by atoms with Crippen molar-refractivity contribution in [1.29, 1.82) is 0 Å². The third kappa shape index (κ3) is 7.37. The number of aryl methyl sites for hydroxylation is 2. The number of esters is 1. The van der Waals surface area contributed by atoms with Crippen molar-refractivity contribution in [3.8, 4) is 0 Å². The molecule has 0 atom stereocenters. The Hall–Kier alpha value is -2.37. The minimum atomic E-state index is -0.422. The second-order valence-corrected chi connectivity index (χ2v) is 7.46. The molecule has 0 saturated heterocycles. The molecule has 0 saturated carbocycles. The highest BCUT2D eigenvalue weighted by atomic mass is 16.5. The van der Waals surface area contributed by atoms with E-state index in [-0.39, 0.29) is 30.9 Å². The Morgan fingerprint density at radius 3 is 2.20 bits per heavy atom. The number of hydrogen-bond donors (Lipinski definition) is 1. The number of rotatable bonds is 6. The maximum absolute atomic E-state index is 12.1. The number of anilines is 1. The minimum Gasteiger partial charge on any atom is -0.456 e. The van der Waals surface area contributed by atoms with Gasteiger partial charge >= 0.3 is 5.97 Å². The SMILES string of the molecule is Cc1cccc(C)c1NC(=O)CN(C)C(=O)COC(=O)CC(C)(C)C. The molecule has 6 heteroatoms. The van der Waals surface area contributed by atoms with Gasteiger partial charge in [-0.3, -0.25) is 14.4 Å². The van der Waals surface area contributed by atoms with E-state index >= 15 is 0 Å². The van der Waals surface area contributed by atoms with Gasteiger partial charge in [0, 0.05) is 12.7 Å². The average molecular weight is 348 g/mol. The molecule has 0 fully saturated rings. The average Bonchev–Trinajstić information content (AvgIpc) is 2.47. The minimum absolute atomic E-state index is 0.108. The molecule has 0 bridgehead atoms. The van der Waals surface area contributed by atoms with Gasteiger partial charge in [0.25, 0.3) is 5.91 Å². The van der Waals surface area contributed by atoms with Crippen LogP contribution in [0.3, 0.4) is 0 Å². The second kappa shape index (κ2) is 8.65. The van der Waals surface area contributed by atoms with Gasteiger partial charge in [0.1, 0.15) is 0 Å². The molecule has 0 radical (unpaired) electrons. The number of hydrogen-bond acceptors (Lipinski definition) is 4. The number of amides is 2. The fourth-order valence-corrected chi connectivity index (χ4v) is 2.23. The first-order valence-electron chi connectivity index (χ1n) is 8.25. The van der Waals surface area contributed by atoms with Crippen molar-refractivity contribution >= 4 is 23.5 Å². The third-order valence-electron chi connectivity index (χ3n) is 3.58. The van der Waals surface area contributed by atoms with Crippen LogP contribution in [0.2, 0.25) is 0 Å². The first-order valence-corrected chi connectivity index (χ1v) is 8.25. The van der Waals surface area contributed by atoms with E-state index in [2.05, 4.69) is 5.32 Å². The fraction of sp³-hybridized carbons (Fsp3) is 0.526. The summed E-state index contributed by atoms with van der Waals surface area (Å²) in [5.74, 6) is -1.14. The maximum atomic E-state index is 12.1. The molecule has 138 valence electrons. The molecule has 0 heterocycles. The van der Waals surface area contributed by atoms with Gasteiger partial charge in [-0.2, -0.15) is 0 Å². The van der Waals surface area contributed by atoms with Crippen LogP contribution in [0.1, 0.15) is 38.3 Å². The van der Waals surface area contributed by atoms with Crippen molar-refractivity contribution in [3.63, 3.8) is 0 Å². The molecule has 25 heavy (non-hydrogen) atoms. The van der Waals surface area contributed by atoms with Gasteiger partial charge in [0.15, 0.2) is 6.61 Å². The van der Waals surface area contributed by atoms with Gasteiger partial charge in [-0.15, -0.1) is 0 Å². The molecule has 1 aromatic carbocycles. The topological polar surface area (TPSA) is 75.7 Å².